The summed E-state index contributed by atoms with van der Waals surface area (Å²) in [5.74, 6) is -0.925. The molecular weight excluding hydrogens is 376 g/mol. The van der Waals surface area contributed by atoms with E-state index in [0.717, 1.165) is 5.01 Å². The molecule has 1 aliphatic carbocycles. The van der Waals surface area contributed by atoms with Crippen molar-refractivity contribution in [2.24, 2.45) is 11.8 Å². The third-order valence-electron chi connectivity index (χ3n) is 5.05. The minimum Gasteiger partial charge on any atom is -0.296 e. The summed E-state index contributed by atoms with van der Waals surface area (Å²) in [5.41, 5.74) is 0.919. The van der Waals surface area contributed by atoms with Crippen molar-refractivity contribution in [3.8, 4) is 0 Å². The fraction of sp³-hybridized carbons (Fsp3) is 0.350. The molecule has 3 amide bonds. The lowest BCUT2D eigenvalue weighted by Crippen LogP contribution is -2.30. The molecule has 0 saturated carbocycles. The summed E-state index contributed by atoms with van der Waals surface area (Å²) >= 11 is 1.34. The van der Waals surface area contributed by atoms with Crippen molar-refractivity contribution in [2.75, 3.05) is 10.2 Å². The van der Waals surface area contributed by atoms with Gasteiger partial charge in [0.1, 0.15) is 5.01 Å². The smallest absolute Gasteiger partial charge is 0.257 e. The van der Waals surface area contributed by atoms with Gasteiger partial charge in [-0.25, -0.2) is 0 Å². The van der Waals surface area contributed by atoms with Crippen LogP contribution >= 0.6 is 11.3 Å². The van der Waals surface area contributed by atoms with Crippen molar-refractivity contribution in [3.63, 3.8) is 0 Å². The molecule has 28 heavy (non-hydrogen) atoms. The molecule has 2 aliphatic rings. The first-order chi connectivity index (χ1) is 13.5. The van der Waals surface area contributed by atoms with Gasteiger partial charge in [-0.05, 0) is 37.1 Å². The summed E-state index contributed by atoms with van der Waals surface area (Å²) < 4.78 is 0. The van der Waals surface area contributed by atoms with Crippen molar-refractivity contribution in [2.45, 2.75) is 32.6 Å². The summed E-state index contributed by atoms with van der Waals surface area (Å²) in [6.45, 7) is 4.02. The molecule has 4 rings (SSSR count). The first-order valence-corrected chi connectivity index (χ1v) is 10.0. The highest BCUT2D eigenvalue weighted by Gasteiger charge is 2.47. The Morgan fingerprint density at radius 2 is 1.68 bits per heavy atom. The van der Waals surface area contributed by atoms with Crippen LogP contribution in [0.25, 0.3) is 0 Å². The molecule has 1 aliphatic heterocycles. The first kappa shape index (κ1) is 18.5. The molecular formula is C20H20N4O3S. The van der Waals surface area contributed by atoms with Crippen LogP contribution in [-0.4, -0.2) is 27.9 Å². The van der Waals surface area contributed by atoms with Crippen LogP contribution in [0.2, 0.25) is 0 Å². The number of amides is 3. The minimum atomic E-state index is -0.310. The van der Waals surface area contributed by atoms with E-state index in [9.17, 15) is 14.4 Å². The third-order valence-corrected chi connectivity index (χ3v) is 6.19. The second kappa shape index (κ2) is 7.27. The number of carbonyl (C=O) groups excluding carboxylic acids is 3. The molecule has 8 heteroatoms. The van der Waals surface area contributed by atoms with E-state index in [2.05, 4.69) is 15.5 Å². The van der Waals surface area contributed by atoms with Gasteiger partial charge < -0.3 is 0 Å². The zero-order valence-corrected chi connectivity index (χ0v) is 16.4. The standard InChI is InChI=1S/C20H20N4O3S/c1-11(2)17-22-23-20(28-17)21-16(25)12-7-9-13(10-8-12)24-18(26)14-5-3-4-6-15(14)19(24)27/h3-4,7-11,14-15H,5-6H2,1-2H3,(H,21,23,25). The van der Waals surface area contributed by atoms with Gasteiger partial charge in [0.2, 0.25) is 16.9 Å². The molecule has 1 aromatic carbocycles. The average molecular weight is 396 g/mol. The lowest BCUT2D eigenvalue weighted by molar-refractivity contribution is -0.122. The van der Waals surface area contributed by atoms with Crippen molar-refractivity contribution in [1.29, 1.82) is 0 Å². The normalized spacial score (nSPS) is 21.3. The predicted molar refractivity (Wildman–Crippen MR) is 106 cm³/mol. The van der Waals surface area contributed by atoms with E-state index in [4.69, 9.17) is 0 Å². The monoisotopic (exact) mass is 396 g/mol. The topological polar surface area (TPSA) is 92.3 Å². The van der Waals surface area contributed by atoms with Gasteiger partial charge in [-0.1, -0.05) is 37.3 Å². The highest BCUT2D eigenvalue weighted by atomic mass is 32.1. The van der Waals surface area contributed by atoms with E-state index >= 15 is 0 Å². The molecule has 2 unspecified atom stereocenters. The lowest BCUT2D eigenvalue weighted by Gasteiger charge is -2.15. The van der Waals surface area contributed by atoms with Gasteiger partial charge in [0.05, 0.1) is 17.5 Å². The number of allylic oxidation sites excluding steroid dienone is 2. The molecule has 0 spiro atoms. The second-order valence-corrected chi connectivity index (χ2v) is 8.28. The third kappa shape index (κ3) is 3.24. The van der Waals surface area contributed by atoms with Crippen LogP contribution in [0, 0.1) is 11.8 Å². The fourth-order valence-corrected chi connectivity index (χ4v) is 4.25. The van der Waals surface area contributed by atoms with E-state index < -0.39 is 0 Å². The summed E-state index contributed by atoms with van der Waals surface area (Å²) in [4.78, 5) is 39.0. The number of anilines is 2. The van der Waals surface area contributed by atoms with Crippen LogP contribution in [0.15, 0.2) is 36.4 Å². The zero-order valence-electron chi connectivity index (χ0n) is 15.6. The van der Waals surface area contributed by atoms with Crippen LogP contribution in [0.3, 0.4) is 0 Å². The van der Waals surface area contributed by atoms with Crippen molar-refractivity contribution in [1.82, 2.24) is 10.2 Å². The maximum absolute atomic E-state index is 12.6. The van der Waals surface area contributed by atoms with E-state index in [1.807, 2.05) is 26.0 Å². The van der Waals surface area contributed by atoms with E-state index in [-0.39, 0.29) is 35.5 Å². The van der Waals surface area contributed by atoms with Crippen molar-refractivity contribution >= 4 is 39.9 Å². The van der Waals surface area contributed by atoms with Crippen LogP contribution in [-0.2, 0) is 9.59 Å². The first-order valence-electron chi connectivity index (χ1n) is 9.23. The zero-order chi connectivity index (χ0) is 19.8. The number of imide groups is 1. The number of aromatic nitrogens is 2. The molecule has 2 atom stereocenters. The Bertz CT molecular complexity index is 938. The maximum atomic E-state index is 12.6. The molecule has 0 radical (unpaired) electrons. The molecule has 2 aromatic rings. The molecule has 1 saturated heterocycles. The summed E-state index contributed by atoms with van der Waals surface area (Å²) in [6.07, 6.45) is 5.13. The van der Waals surface area contributed by atoms with Gasteiger partial charge in [-0.2, -0.15) is 0 Å². The van der Waals surface area contributed by atoms with Gasteiger partial charge >= 0.3 is 0 Å². The van der Waals surface area contributed by atoms with Gasteiger partial charge in [0, 0.05) is 11.5 Å². The highest BCUT2D eigenvalue weighted by molar-refractivity contribution is 7.15. The summed E-state index contributed by atoms with van der Waals surface area (Å²) in [7, 11) is 0. The average Bonchev–Trinajstić information content (AvgIpc) is 3.26. The number of nitrogens with zero attached hydrogens (tertiary/aromatic N) is 3. The predicted octanol–water partition coefficient (Wildman–Crippen LogP) is 3.37. The highest BCUT2D eigenvalue weighted by Crippen LogP contribution is 2.37. The number of rotatable bonds is 4. The summed E-state index contributed by atoms with van der Waals surface area (Å²) in [6, 6.07) is 6.48. The fourth-order valence-electron chi connectivity index (χ4n) is 3.50. The van der Waals surface area contributed by atoms with Gasteiger partial charge in [0.25, 0.3) is 5.91 Å². The van der Waals surface area contributed by atoms with Gasteiger partial charge in [-0.15, -0.1) is 10.2 Å². The molecule has 7 nitrogen and oxygen atoms in total. The Kier molecular flexibility index (Phi) is 4.80. The van der Waals surface area contributed by atoms with Crippen LogP contribution in [0.1, 0.15) is 48.0 Å². The summed E-state index contributed by atoms with van der Waals surface area (Å²) in [5, 5.41) is 12.1. The van der Waals surface area contributed by atoms with Gasteiger partial charge in [0.15, 0.2) is 0 Å². The van der Waals surface area contributed by atoms with Crippen LogP contribution in [0.5, 0.6) is 0 Å². The van der Waals surface area contributed by atoms with E-state index in [1.165, 1.54) is 16.2 Å². The van der Waals surface area contributed by atoms with Crippen LogP contribution in [0.4, 0.5) is 10.8 Å². The van der Waals surface area contributed by atoms with Crippen molar-refractivity contribution < 1.29 is 14.4 Å². The lowest BCUT2D eigenvalue weighted by atomic mass is 9.85. The van der Waals surface area contributed by atoms with Gasteiger partial charge in [-0.3, -0.25) is 24.6 Å². The molecule has 2 heterocycles. The number of fused-ring (bicyclic) bond motifs is 1. The Labute approximate surface area is 166 Å². The molecule has 144 valence electrons. The molecule has 1 aromatic heterocycles. The second-order valence-electron chi connectivity index (χ2n) is 7.27. The maximum Gasteiger partial charge on any atom is 0.257 e. The Morgan fingerprint density at radius 3 is 2.21 bits per heavy atom. The molecule has 0 bridgehead atoms. The number of carbonyl (C=O) groups is 3. The van der Waals surface area contributed by atoms with E-state index in [0.29, 0.717) is 29.2 Å². The quantitative estimate of drug-likeness (QED) is 0.632. The SMILES string of the molecule is CC(C)c1nnc(NC(=O)c2ccc(N3C(=O)C4CC=CCC4C3=O)cc2)s1. The Hall–Kier alpha value is -2.87. The van der Waals surface area contributed by atoms with Crippen LogP contribution < -0.4 is 10.2 Å². The number of hydrogen-bond acceptors (Lipinski definition) is 6. The van der Waals surface area contributed by atoms with E-state index in [1.54, 1.807) is 24.3 Å². The van der Waals surface area contributed by atoms with Crippen molar-refractivity contribution in [3.05, 3.63) is 47.0 Å². The molecule has 1 fully saturated rings. The number of hydrogen-bond donors (Lipinski definition) is 1. The minimum absolute atomic E-state index is 0.161. The number of nitrogens with one attached hydrogen (secondary N) is 1. The Morgan fingerprint density at radius 1 is 1.07 bits per heavy atom. The number of benzene rings is 1. The largest absolute Gasteiger partial charge is 0.296 e. The molecule has 1 N–H and O–H groups in total. The Balaban J connectivity index is 1.48.